The van der Waals surface area contributed by atoms with Crippen molar-refractivity contribution in [1.82, 2.24) is 10.2 Å². The predicted octanol–water partition coefficient (Wildman–Crippen LogP) is 1.59. The van der Waals surface area contributed by atoms with Crippen molar-refractivity contribution in [1.29, 1.82) is 0 Å². The molecule has 1 aromatic heterocycles. The number of hydrogen-bond donors (Lipinski definition) is 1. The molecular weight excluding hydrogens is 272 g/mol. The molecule has 0 saturated heterocycles. The predicted molar refractivity (Wildman–Crippen MR) is 79.1 cm³/mol. The number of carbonyl (C=O) groups excluding carboxylic acids is 2. The Balaban J connectivity index is 2.39. The molecule has 6 nitrogen and oxygen atoms in total. The fourth-order valence-electron chi connectivity index (χ4n) is 1.95. The van der Waals surface area contributed by atoms with E-state index in [1.165, 1.54) is 6.26 Å². The minimum Gasteiger partial charge on any atom is -0.469 e. The summed E-state index contributed by atoms with van der Waals surface area (Å²) in [6.07, 6.45) is 2.58. The summed E-state index contributed by atoms with van der Waals surface area (Å²) >= 11 is 0. The molecule has 0 atom stereocenters. The van der Waals surface area contributed by atoms with Crippen LogP contribution in [0.4, 0.5) is 0 Å². The Labute approximate surface area is 125 Å². The van der Waals surface area contributed by atoms with Crippen LogP contribution in [0.3, 0.4) is 0 Å². The van der Waals surface area contributed by atoms with Gasteiger partial charge in [-0.25, -0.2) is 0 Å². The van der Waals surface area contributed by atoms with Crippen molar-refractivity contribution in [2.45, 2.75) is 26.7 Å². The molecule has 1 heterocycles. The van der Waals surface area contributed by atoms with E-state index in [-0.39, 0.29) is 11.8 Å². The number of ether oxygens (including phenoxy) is 1. The molecule has 0 bridgehead atoms. The second kappa shape index (κ2) is 9.18. The Morgan fingerprint density at radius 2 is 2.19 bits per heavy atom. The molecule has 118 valence electrons. The summed E-state index contributed by atoms with van der Waals surface area (Å²) < 4.78 is 10.1. The average Bonchev–Trinajstić information content (AvgIpc) is 2.90. The zero-order chi connectivity index (χ0) is 15.7. The fourth-order valence-corrected chi connectivity index (χ4v) is 1.95. The van der Waals surface area contributed by atoms with Gasteiger partial charge in [-0.05, 0) is 26.3 Å². The Bertz CT molecular complexity index is 456. The van der Waals surface area contributed by atoms with Gasteiger partial charge < -0.3 is 19.4 Å². The van der Waals surface area contributed by atoms with E-state index in [1.807, 2.05) is 6.92 Å². The smallest absolute Gasteiger partial charge is 0.257 e. The van der Waals surface area contributed by atoms with Crippen molar-refractivity contribution in [3.05, 3.63) is 23.7 Å². The molecule has 0 radical (unpaired) electrons. The number of nitrogens with one attached hydrogen (secondary N) is 1. The minimum atomic E-state index is -0.101. The highest BCUT2D eigenvalue weighted by Gasteiger charge is 2.18. The standard InChI is InChI=1S/C15H24N2O4/c1-4-17(15(19)13-7-11-21-12(13)2)9-6-14(18)16-8-5-10-20-3/h7,11H,4-6,8-10H2,1-3H3,(H,16,18). The van der Waals surface area contributed by atoms with Crippen LogP contribution >= 0.6 is 0 Å². The number of rotatable bonds is 9. The van der Waals surface area contributed by atoms with Crippen molar-refractivity contribution in [3.8, 4) is 0 Å². The van der Waals surface area contributed by atoms with Crippen LogP contribution in [0.2, 0.25) is 0 Å². The lowest BCUT2D eigenvalue weighted by Gasteiger charge is -2.20. The number of furan rings is 1. The summed E-state index contributed by atoms with van der Waals surface area (Å²) in [4.78, 5) is 25.6. The first kappa shape index (κ1) is 17.2. The summed E-state index contributed by atoms with van der Waals surface area (Å²) in [7, 11) is 1.63. The van der Waals surface area contributed by atoms with E-state index in [0.717, 1.165) is 6.42 Å². The summed E-state index contributed by atoms with van der Waals surface area (Å²) in [5.74, 6) is 0.444. The highest BCUT2D eigenvalue weighted by atomic mass is 16.5. The van der Waals surface area contributed by atoms with Crippen LogP contribution in [-0.2, 0) is 9.53 Å². The SMILES string of the molecule is CCN(CCC(=O)NCCCOC)C(=O)c1ccoc1C. The van der Waals surface area contributed by atoms with Crippen LogP contribution in [0.25, 0.3) is 0 Å². The fraction of sp³-hybridized carbons (Fsp3) is 0.600. The van der Waals surface area contributed by atoms with Crippen LogP contribution < -0.4 is 5.32 Å². The zero-order valence-corrected chi connectivity index (χ0v) is 13.0. The van der Waals surface area contributed by atoms with E-state index in [9.17, 15) is 9.59 Å². The number of amides is 2. The summed E-state index contributed by atoms with van der Waals surface area (Å²) in [5.41, 5.74) is 0.553. The molecular formula is C15H24N2O4. The molecule has 0 aliphatic rings. The molecule has 1 rings (SSSR count). The van der Waals surface area contributed by atoms with E-state index >= 15 is 0 Å². The third-order valence-corrected chi connectivity index (χ3v) is 3.21. The third-order valence-electron chi connectivity index (χ3n) is 3.21. The summed E-state index contributed by atoms with van der Waals surface area (Å²) in [5, 5.41) is 2.81. The van der Waals surface area contributed by atoms with Crippen molar-refractivity contribution in [2.75, 3.05) is 33.4 Å². The van der Waals surface area contributed by atoms with Crippen molar-refractivity contribution < 1.29 is 18.7 Å². The van der Waals surface area contributed by atoms with E-state index < -0.39 is 0 Å². The first-order chi connectivity index (χ1) is 10.1. The number of hydrogen-bond acceptors (Lipinski definition) is 4. The molecule has 0 aromatic carbocycles. The van der Waals surface area contributed by atoms with Gasteiger partial charge in [0.05, 0.1) is 11.8 Å². The van der Waals surface area contributed by atoms with E-state index in [1.54, 1.807) is 25.0 Å². The third kappa shape index (κ3) is 5.59. The van der Waals surface area contributed by atoms with Gasteiger partial charge in [0.1, 0.15) is 5.76 Å². The van der Waals surface area contributed by atoms with Gasteiger partial charge in [0.2, 0.25) is 5.91 Å². The first-order valence-electron chi connectivity index (χ1n) is 7.19. The topological polar surface area (TPSA) is 71.8 Å². The van der Waals surface area contributed by atoms with Crippen LogP contribution in [0, 0.1) is 6.92 Å². The van der Waals surface area contributed by atoms with Crippen molar-refractivity contribution in [3.63, 3.8) is 0 Å². The molecule has 1 aromatic rings. The van der Waals surface area contributed by atoms with Gasteiger partial charge in [-0.3, -0.25) is 9.59 Å². The molecule has 0 aliphatic heterocycles. The van der Waals surface area contributed by atoms with Crippen molar-refractivity contribution >= 4 is 11.8 Å². The number of methoxy groups -OCH3 is 1. The summed E-state index contributed by atoms with van der Waals surface area (Å²) in [6, 6.07) is 1.66. The number of carbonyl (C=O) groups is 2. The van der Waals surface area contributed by atoms with Gasteiger partial charge >= 0.3 is 0 Å². The second-order valence-corrected chi connectivity index (χ2v) is 4.72. The molecule has 21 heavy (non-hydrogen) atoms. The molecule has 0 spiro atoms. The lowest BCUT2D eigenvalue weighted by atomic mass is 10.2. The number of nitrogens with zero attached hydrogens (tertiary/aromatic N) is 1. The van der Waals surface area contributed by atoms with Gasteiger partial charge in [-0.2, -0.15) is 0 Å². The first-order valence-corrected chi connectivity index (χ1v) is 7.19. The van der Waals surface area contributed by atoms with E-state index in [2.05, 4.69) is 5.32 Å². The Kier molecular flexibility index (Phi) is 7.53. The van der Waals surface area contributed by atoms with Crippen LogP contribution in [0.1, 0.15) is 35.9 Å². The normalized spacial score (nSPS) is 10.4. The largest absolute Gasteiger partial charge is 0.469 e. The van der Waals surface area contributed by atoms with Crippen molar-refractivity contribution in [2.24, 2.45) is 0 Å². The zero-order valence-electron chi connectivity index (χ0n) is 13.0. The monoisotopic (exact) mass is 296 g/mol. The maximum atomic E-state index is 12.3. The Morgan fingerprint density at radius 3 is 2.76 bits per heavy atom. The lowest BCUT2D eigenvalue weighted by Crippen LogP contribution is -2.35. The van der Waals surface area contributed by atoms with Gasteiger partial charge in [-0.15, -0.1) is 0 Å². The second-order valence-electron chi connectivity index (χ2n) is 4.72. The van der Waals surface area contributed by atoms with Crippen LogP contribution in [-0.4, -0.2) is 50.1 Å². The average molecular weight is 296 g/mol. The molecule has 6 heteroatoms. The van der Waals surface area contributed by atoms with Gasteiger partial charge in [0, 0.05) is 39.8 Å². The van der Waals surface area contributed by atoms with E-state index in [0.29, 0.717) is 44.0 Å². The molecule has 1 N–H and O–H groups in total. The highest BCUT2D eigenvalue weighted by Crippen LogP contribution is 2.12. The van der Waals surface area contributed by atoms with Gasteiger partial charge in [-0.1, -0.05) is 0 Å². The van der Waals surface area contributed by atoms with Gasteiger partial charge in [0.25, 0.3) is 5.91 Å². The highest BCUT2D eigenvalue weighted by molar-refractivity contribution is 5.95. The maximum Gasteiger partial charge on any atom is 0.257 e. The summed E-state index contributed by atoms with van der Waals surface area (Å²) in [6.45, 7) is 5.82. The molecule has 0 saturated carbocycles. The van der Waals surface area contributed by atoms with Crippen LogP contribution in [0.5, 0.6) is 0 Å². The van der Waals surface area contributed by atoms with Crippen LogP contribution in [0.15, 0.2) is 16.7 Å². The molecule has 0 fully saturated rings. The van der Waals surface area contributed by atoms with Gasteiger partial charge in [0.15, 0.2) is 0 Å². The minimum absolute atomic E-state index is 0.0544. The Hall–Kier alpha value is -1.82. The molecule has 0 unspecified atom stereocenters. The number of aryl methyl sites for hydroxylation is 1. The molecule has 0 aliphatic carbocycles. The Morgan fingerprint density at radius 1 is 1.43 bits per heavy atom. The lowest BCUT2D eigenvalue weighted by molar-refractivity contribution is -0.121. The maximum absolute atomic E-state index is 12.3. The quantitative estimate of drug-likeness (QED) is 0.702. The van der Waals surface area contributed by atoms with E-state index in [4.69, 9.17) is 9.15 Å². The molecule has 2 amide bonds.